The molecule has 5 nitrogen and oxygen atoms in total. The Labute approximate surface area is 93.6 Å². The first kappa shape index (κ1) is 10.9. The van der Waals surface area contributed by atoms with Crippen molar-refractivity contribution in [3.05, 3.63) is 29.8 Å². The largest absolute Gasteiger partial charge is 0.389 e. The van der Waals surface area contributed by atoms with Crippen LogP contribution in [0.3, 0.4) is 0 Å². The molecule has 0 saturated carbocycles. The lowest BCUT2D eigenvalue weighted by atomic mass is 10.1. The third kappa shape index (κ3) is 1.87. The lowest BCUT2D eigenvalue weighted by molar-refractivity contribution is 0.0572. The minimum absolute atomic E-state index is 0.00789. The number of β-amino-alcohol motifs (C(OH)–C–C–N with tert-alkyl or cyclic N) is 2. The summed E-state index contributed by atoms with van der Waals surface area (Å²) in [5, 5.41) is 26.4. The smallest absolute Gasteiger partial charge is 0.124 e. The summed E-state index contributed by atoms with van der Waals surface area (Å²) in [6, 6.07) is 7.25. The van der Waals surface area contributed by atoms with Crippen molar-refractivity contribution in [2.45, 2.75) is 12.2 Å². The van der Waals surface area contributed by atoms with Gasteiger partial charge in [-0.15, -0.1) is 0 Å². The molecule has 0 bridgehead atoms. The average Bonchev–Trinajstić information content (AvgIpc) is 2.59. The number of rotatable bonds is 2. The Morgan fingerprint density at radius 1 is 1.25 bits per heavy atom. The van der Waals surface area contributed by atoms with E-state index in [1.165, 1.54) is 0 Å². The summed E-state index contributed by atoms with van der Waals surface area (Å²) in [4.78, 5) is 1.84. The summed E-state index contributed by atoms with van der Waals surface area (Å²) < 4.78 is 0. The Bertz CT molecular complexity index is 398. The van der Waals surface area contributed by atoms with Crippen LogP contribution in [0.15, 0.2) is 24.3 Å². The van der Waals surface area contributed by atoms with Crippen LogP contribution < -0.4 is 10.6 Å². The van der Waals surface area contributed by atoms with E-state index in [2.05, 4.69) is 0 Å². The molecule has 1 fully saturated rings. The van der Waals surface area contributed by atoms with Crippen LogP contribution in [0.25, 0.3) is 0 Å². The number of para-hydroxylation sites is 1. The van der Waals surface area contributed by atoms with E-state index in [4.69, 9.17) is 11.1 Å². The molecule has 0 radical (unpaired) electrons. The van der Waals surface area contributed by atoms with Crippen LogP contribution in [-0.2, 0) is 0 Å². The summed E-state index contributed by atoms with van der Waals surface area (Å²) in [6.07, 6.45) is -1.47. The molecule has 5 N–H and O–H groups in total. The van der Waals surface area contributed by atoms with Gasteiger partial charge in [0.25, 0.3) is 0 Å². The molecule has 2 unspecified atom stereocenters. The molecule has 1 aliphatic heterocycles. The second kappa shape index (κ2) is 4.11. The van der Waals surface area contributed by atoms with Crippen LogP contribution in [0.2, 0.25) is 0 Å². The summed E-state index contributed by atoms with van der Waals surface area (Å²) in [7, 11) is 0. The number of nitrogen functional groups attached to an aromatic ring is 1. The summed E-state index contributed by atoms with van der Waals surface area (Å²) in [6.45, 7) is 0.733. The summed E-state index contributed by atoms with van der Waals surface area (Å²) >= 11 is 0. The van der Waals surface area contributed by atoms with E-state index in [0.29, 0.717) is 18.7 Å². The predicted molar refractivity (Wildman–Crippen MR) is 61.7 cm³/mol. The average molecular weight is 221 g/mol. The quantitative estimate of drug-likeness (QED) is 0.400. The van der Waals surface area contributed by atoms with Gasteiger partial charge in [-0.3, -0.25) is 5.41 Å². The molecular weight excluding hydrogens is 206 g/mol. The van der Waals surface area contributed by atoms with Gasteiger partial charge >= 0.3 is 0 Å². The molecule has 2 rings (SSSR count). The first-order chi connectivity index (χ1) is 7.59. The second-order valence-electron chi connectivity index (χ2n) is 3.97. The number of benzene rings is 1. The van der Waals surface area contributed by atoms with Crippen LogP contribution >= 0.6 is 0 Å². The maximum Gasteiger partial charge on any atom is 0.124 e. The molecule has 1 aliphatic rings. The standard InChI is InChI=1S/C11H15N3O2/c12-11(13)7-3-1-2-4-8(7)14-5-9(15)10(16)6-14/h1-4,9-10,15-16H,5-6H2,(H3,12,13). The molecule has 1 aromatic rings. The molecule has 86 valence electrons. The molecule has 0 aromatic heterocycles. The minimum Gasteiger partial charge on any atom is -0.389 e. The number of nitrogens with one attached hydrogen (secondary N) is 1. The van der Waals surface area contributed by atoms with Gasteiger partial charge in [0.05, 0.1) is 12.2 Å². The highest BCUT2D eigenvalue weighted by Gasteiger charge is 2.30. The second-order valence-corrected chi connectivity index (χ2v) is 3.97. The van der Waals surface area contributed by atoms with Crippen molar-refractivity contribution in [3.63, 3.8) is 0 Å². The Balaban J connectivity index is 2.31. The zero-order chi connectivity index (χ0) is 11.7. The minimum atomic E-state index is -0.736. The van der Waals surface area contributed by atoms with Gasteiger partial charge in [-0.2, -0.15) is 0 Å². The van der Waals surface area contributed by atoms with Crippen molar-refractivity contribution in [3.8, 4) is 0 Å². The number of amidine groups is 1. The fraction of sp³-hybridized carbons (Fsp3) is 0.364. The lowest BCUT2D eigenvalue weighted by Crippen LogP contribution is -2.25. The molecule has 0 spiro atoms. The molecule has 2 atom stereocenters. The van der Waals surface area contributed by atoms with E-state index in [1.54, 1.807) is 6.07 Å². The molecule has 16 heavy (non-hydrogen) atoms. The molecule has 0 amide bonds. The highest BCUT2D eigenvalue weighted by molar-refractivity contribution is 6.00. The summed E-state index contributed by atoms with van der Waals surface area (Å²) in [5.41, 5.74) is 6.89. The van der Waals surface area contributed by atoms with Gasteiger partial charge in [0.2, 0.25) is 0 Å². The highest BCUT2D eigenvalue weighted by atomic mass is 16.3. The first-order valence-corrected chi connectivity index (χ1v) is 5.14. The molecule has 5 heteroatoms. The van der Waals surface area contributed by atoms with E-state index in [1.807, 2.05) is 23.1 Å². The Kier molecular flexibility index (Phi) is 2.80. The van der Waals surface area contributed by atoms with Crippen molar-refractivity contribution < 1.29 is 10.2 Å². The van der Waals surface area contributed by atoms with Gasteiger partial charge in [0.15, 0.2) is 0 Å². The van der Waals surface area contributed by atoms with E-state index in [0.717, 1.165) is 5.69 Å². The molecule has 0 aliphatic carbocycles. The van der Waals surface area contributed by atoms with Crippen LogP contribution in [0.4, 0.5) is 5.69 Å². The lowest BCUT2D eigenvalue weighted by Gasteiger charge is -2.20. The number of hydrogen-bond acceptors (Lipinski definition) is 4. The van der Waals surface area contributed by atoms with Crippen molar-refractivity contribution in [1.82, 2.24) is 0 Å². The highest BCUT2D eigenvalue weighted by Crippen LogP contribution is 2.24. The molecule has 1 saturated heterocycles. The Morgan fingerprint density at radius 3 is 2.38 bits per heavy atom. The summed E-state index contributed by atoms with van der Waals surface area (Å²) in [5.74, 6) is -0.00789. The van der Waals surface area contributed by atoms with Crippen LogP contribution in [-0.4, -0.2) is 41.3 Å². The number of aliphatic hydroxyl groups excluding tert-OH is 2. The van der Waals surface area contributed by atoms with E-state index in [9.17, 15) is 10.2 Å². The topological polar surface area (TPSA) is 93.6 Å². The zero-order valence-electron chi connectivity index (χ0n) is 8.80. The van der Waals surface area contributed by atoms with Crippen molar-refractivity contribution in [2.24, 2.45) is 5.73 Å². The van der Waals surface area contributed by atoms with Crippen LogP contribution in [0, 0.1) is 5.41 Å². The van der Waals surface area contributed by atoms with Gasteiger partial charge < -0.3 is 20.8 Å². The van der Waals surface area contributed by atoms with E-state index in [-0.39, 0.29) is 5.84 Å². The third-order valence-corrected chi connectivity index (χ3v) is 2.79. The first-order valence-electron chi connectivity index (χ1n) is 5.14. The maximum atomic E-state index is 9.48. The number of nitrogens with two attached hydrogens (primary N) is 1. The fourth-order valence-electron chi connectivity index (χ4n) is 1.94. The van der Waals surface area contributed by atoms with Gasteiger partial charge in [-0.25, -0.2) is 0 Å². The normalized spacial score (nSPS) is 24.8. The third-order valence-electron chi connectivity index (χ3n) is 2.79. The van der Waals surface area contributed by atoms with Gasteiger partial charge in [-0.1, -0.05) is 12.1 Å². The SMILES string of the molecule is N=C(N)c1ccccc1N1CC(O)C(O)C1. The van der Waals surface area contributed by atoms with Gasteiger partial charge in [0.1, 0.15) is 5.84 Å². The number of anilines is 1. The molecule has 1 aromatic carbocycles. The van der Waals surface area contributed by atoms with E-state index >= 15 is 0 Å². The van der Waals surface area contributed by atoms with Crippen molar-refractivity contribution in [1.29, 1.82) is 5.41 Å². The number of nitrogens with zero attached hydrogens (tertiary/aromatic N) is 1. The maximum absolute atomic E-state index is 9.48. The Hall–Kier alpha value is -1.59. The number of hydrogen-bond donors (Lipinski definition) is 4. The van der Waals surface area contributed by atoms with Gasteiger partial charge in [0, 0.05) is 24.3 Å². The molecular formula is C11H15N3O2. The van der Waals surface area contributed by atoms with Crippen molar-refractivity contribution >= 4 is 11.5 Å². The van der Waals surface area contributed by atoms with Crippen LogP contribution in [0.1, 0.15) is 5.56 Å². The monoisotopic (exact) mass is 221 g/mol. The number of aliphatic hydroxyl groups is 2. The zero-order valence-corrected chi connectivity index (χ0v) is 8.80. The molecule has 1 heterocycles. The Morgan fingerprint density at radius 2 is 1.81 bits per heavy atom. The van der Waals surface area contributed by atoms with E-state index < -0.39 is 12.2 Å². The van der Waals surface area contributed by atoms with Crippen molar-refractivity contribution in [2.75, 3.05) is 18.0 Å². The fourth-order valence-corrected chi connectivity index (χ4v) is 1.94. The van der Waals surface area contributed by atoms with Gasteiger partial charge in [-0.05, 0) is 12.1 Å². The van der Waals surface area contributed by atoms with Crippen LogP contribution in [0.5, 0.6) is 0 Å². The predicted octanol–water partition coefficient (Wildman–Crippen LogP) is -0.488.